The zero-order valence-corrected chi connectivity index (χ0v) is 9.97. The molecule has 2 atom stereocenters. The van der Waals surface area contributed by atoms with Crippen LogP contribution in [0.4, 0.5) is 0 Å². The molecule has 1 rings (SSSR count). The Balaban J connectivity index is 2.19. The van der Waals surface area contributed by atoms with Gasteiger partial charge in [0.05, 0.1) is 5.38 Å². The fourth-order valence-corrected chi connectivity index (χ4v) is 1.48. The van der Waals surface area contributed by atoms with Crippen molar-refractivity contribution >= 4 is 17.5 Å². The van der Waals surface area contributed by atoms with Crippen molar-refractivity contribution in [2.75, 3.05) is 6.54 Å². The Morgan fingerprint density at radius 1 is 1.43 bits per heavy atom. The Morgan fingerprint density at radius 3 is 2.43 bits per heavy atom. The van der Waals surface area contributed by atoms with E-state index in [1.807, 2.05) is 6.92 Å². The first kappa shape index (κ1) is 11.8. The average Bonchev–Trinajstić information content (AvgIpc) is 2.95. The van der Waals surface area contributed by atoms with Crippen LogP contribution in [0.1, 0.15) is 33.6 Å². The molecule has 1 N–H and O–H groups in total. The standard InChI is InChI=1S/C11H20ClNO/c1-7(2)10(12)6-13-11(14)8(3)9-4-5-9/h7-10H,4-6H2,1-3H3,(H,13,14). The van der Waals surface area contributed by atoms with Gasteiger partial charge in [-0.1, -0.05) is 20.8 Å². The summed E-state index contributed by atoms with van der Waals surface area (Å²) in [5, 5.41) is 2.96. The molecule has 1 fully saturated rings. The summed E-state index contributed by atoms with van der Waals surface area (Å²) >= 11 is 6.04. The van der Waals surface area contributed by atoms with Gasteiger partial charge in [0.2, 0.25) is 5.91 Å². The molecule has 0 bridgehead atoms. The van der Waals surface area contributed by atoms with Crippen LogP contribution in [0, 0.1) is 17.8 Å². The first-order chi connectivity index (χ1) is 6.52. The fraction of sp³-hybridized carbons (Fsp3) is 0.909. The van der Waals surface area contributed by atoms with E-state index in [0.717, 1.165) is 0 Å². The lowest BCUT2D eigenvalue weighted by atomic mass is 10.1. The molecule has 0 aromatic carbocycles. The van der Waals surface area contributed by atoms with Crippen molar-refractivity contribution in [2.45, 2.75) is 39.0 Å². The van der Waals surface area contributed by atoms with Crippen molar-refractivity contribution in [2.24, 2.45) is 17.8 Å². The minimum absolute atomic E-state index is 0.0466. The van der Waals surface area contributed by atoms with Gasteiger partial charge >= 0.3 is 0 Å². The van der Waals surface area contributed by atoms with Crippen LogP contribution in [0.3, 0.4) is 0 Å². The van der Waals surface area contributed by atoms with Crippen molar-refractivity contribution < 1.29 is 4.79 Å². The highest BCUT2D eigenvalue weighted by Gasteiger charge is 2.32. The van der Waals surface area contributed by atoms with E-state index >= 15 is 0 Å². The third kappa shape index (κ3) is 3.49. The Morgan fingerprint density at radius 2 is 2.00 bits per heavy atom. The number of hydrogen-bond acceptors (Lipinski definition) is 1. The number of carbonyl (C=O) groups excluding carboxylic acids is 1. The Hall–Kier alpha value is -0.240. The first-order valence-electron chi connectivity index (χ1n) is 5.44. The van der Waals surface area contributed by atoms with Crippen LogP contribution >= 0.6 is 11.6 Å². The molecular formula is C11H20ClNO. The quantitative estimate of drug-likeness (QED) is 0.705. The van der Waals surface area contributed by atoms with Crippen molar-refractivity contribution in [3.63, 3.8) is 0 Å². The zero-order valence-electron chi connectivity index (χ0n) is 9.22. The molecule has 1 saturated carbocycles. The summed E-state index contributed by atoms with van der Waals surface area (Å²) < 4.78 is 0. The van der Waals surface area contributed by atoms with Gasteiger partial charge in [-0.2, -0.15) is 0 Å². The van der Waals surface area contributed by atoms with Crippen molar-refractivity contribution in [3.05, 3.63) is 0 Å². The monoisotopic (exact) mass is 217 g/mol. The van der Waals surface area contributed by atoms with E-state index in [-0.39, 0.29) is 17.2 Å². The molecule has 0 aromatic rings. The largest absolute Gasteiger partial charge is 0.354 e. The molecule has 3 heteroatoms. The summed E-state index contributed by atoms with van der Waals surface area (Å²) in [6.07, 6.45) is 2.42. The highest BCUT2D eigenvalue weighted by atomic mass is 35.5. The van der Waals surface area contributed by atoms with Crippen LogP contribution in [0.25, 0.3) is 0 Å². The van der Waals surface area contributed by atoms with Gasteiger partial charge in [0.15, 0.2) is 0 Å². The van der Waals surface area contributed by atoms with E-state index in [2.05, 4.69) is 19.2 Å². The van der Waals surface area contributed by atoms with E-state index in [1.165, 1.54) is 12.8 Å². The molecule has 1 aliphatic carbocycles. The van der Waals surface area contributed by atoms with Gasteiger partial charge in [0.25, 0.3) is 0 Å². The normalized spacial score (nSPS) is 20.6. The van der Waals surface area contributed by atoms with Crippen molar-refractivity contribution in [1.82, 2.24) is 5.32 Å². The number of halogens is 1. The maximum absolute atomic E-state index is 11.6. The van der Waals surface area contributed by atoms with Crippen LogP contribution in [0.15, 0.2) is 0 Å². The number of rotatable bonds is 5. The van der Waals surface area contributed by atoms with Gasteiger partial charge in [-0.05, 0) is 24.7 Å². The SMILES string of the molecule is CC(C)C(Cl)CNC(=O)C(C)C1CC1. The summed E-state index contributed by atoms with van der Waals surface area (Å²) in [6, 6.07) is 0. The Kier molecular flexibility index (Phi) is 4.24. The van der Waals surface area contributed by atoms with Crippen LogP contribution in [0.5, 0.6) is 0 Å². The lowest BCUT2D eigenvalue weighted by molar-refractivity contribution is -0.125. The second-order valence-corrected chi connectivity index (χ2v) is 5.19. The van der Waals surface area contributed by atoms with E-state index in [9.17, 15) is 4.79 Å². The van der Waals surface area contributed by atoms with Crippen molar-refractivity contribution in [3.8, 4) is 0 Å². The highest BCUT2D eigenvalue weighted by molar-refractivity contribution is 6.21. The molecule has 0 heterocycles. The third-order valence-electron chi connectivity index (χ3n) is 2.94. The van der Waals surface area contributed by atoms with Crippen molar-refractivity contribution in [1.29, 1.82) is 0 Å². The first-order valence-corrected chi connectivity index (χ1v) is 5.87. The third-order valence-corrected chi connectivity index (χ3v) is 3.60. The van der Waals surface area contributed by atoms with Gasteiger partial charge in [-0.15, -0.1) is 11.6 Å². The molecular weight excluding hydrogens is 198 g/mol. The van der Waals surface area contributed by atoms with Crippen LogP contribution in [0.2, 0.25) is 0 Å². The molecule has 0 aliphatic heterocycles. The summed E-state index contributed by atoms with van der Waals surface area (Å²) in [5.41, 5.74) is 0. The molecule has 0 aromatic heterocycles. The van der Waals surface area contributed by atoms with Crippen LogP contribution < -0.4 is 5.32 Å². The summed E-state index contributed by atoms with van der Waals surface area (Å²) in [6.45, 7) is 6.73. The van der Waals surface area contributed by atoms with Crippen LogP contribution in [-0.4, -0.2) is 17.8 Å². The molecule has 0 radical (unpaired) electrons. The lowest BCUT2D eigenvalue weighted by Crippen LogP contribution is -2.36. The summed E-state index contributed by atoms with van der Waals surface area (Å²) in [5.74, 6) is 1.38. The number of amides is 1. The zero-order chi connectivity index (χ0) is 10.7. The second-order valence-electron chi connectivity index (χ2n) is 4.63. The minimum atomic E-state index is 0.0466. The van der Waals surface area contributed by atoms with E-state index < -0.39 is 0 Å². The predicted octanol–water partition coefficient (Wildman–Crippen LogP) is 2.41. The molecule has 82 valence electrons. The summed E-state index contributed by atoms with van der Waals surface area (Å²) in [7, 11) is 0. The highest BCUT2D eigenvalue weighted by Crippen LogP contribution is 2.36. The number of carbonyl (C=O) groups is 1. The Bertz CT molecular complexity index is 201. The fourth-order valence-electron chi connectivity index (χ4n) is 1.41. The Labute approximate surface area is 91.4 Å². The van der Waals surface area contributed by atoms with Gasteiger partial charge in [0, 0.05) is 12.5 Å². The van der Waals surface area contributed by atoms with Gasteiger partial charge in [-0.25, -0.2) is 0 Å². The summed E-state index contributed by atoms with van der Waals surface area (Å²) in [4.78, 5) is 11.6. The molecule has 0 saturated heterocycles. The maximum Gasteiger partial charge on any atom is 0.223 e. The number of alkyl halides is 1. The molecule has 14 heavy (non-hydrogen) atoms. The molecule has 1 aliphatic rings. The molecule has 1 amide bonds. The molecule has 2 nitrogen and oxygen atoms in total. The van der Waals surface area contributed by atoms with E-state index in [1.54, 1.807) is 0 Å². The van der Waals surface area contributed by atoms with E-state index in [0.29, 0.717) is 18.4 Å². The molecule has 2 unspecified atom stereocenters. The smallest absolute Gasteiger partial charge is 0.223 e. The number of hydrogen-bond donors (Lipinski definition) is 1. The maximum atomic E-state index is 11.6. The predicted molar refractivity (Wildman–Crippen MR) is 59.4 cm³/mol. The minimum Gasteiger partial charge on any atom is -0.354 e. The van der Waals surface area contributed by atoms with E-state index in [4.69, 9.17) is 11.6 Å². The van der Waals surface area contributed by atoms with Gasteiger partial charge < -0.3 is 5.32 Å². The number of nitrogens with one attached hydrogen (secondary N) is 1. The molecule has 0 spiro atoms. The second kappa shape index (κ2) is 5.01. The van der Waals surface area contributed by atoms with Gasteiger partial charge in [0.1, 0.15) is 0 Å². The topological polar surface area (TPSA) is 29.1 Å². The lowest BCUT2D eigenvalue weighted by Gasteiger charge is -2.16. The average molecular weight is 218 g/mol. The van der Waals surface area contributed by atoms with Gasteiger partial charge in [-0.3, -0.25) is 4.79 Å². The van der Waals surface area contributed by atoms with Crippen LogP contribution in [-0.2, 0) is 4.79 Å².